The predicted molar refractivity (Wildman–Crippen MR) is 136 cm³/mol. The molecule has 36 heavy (non-hydrogen) atoms. The van der Waals surface area contributed by atoms with Crippen LogP contribution in [0.2, 0.25) is 0 Å². The van der Waals surface area contributed by atoms with Gasteiger partial charge < -0.3 is 10.2 Å². The molecule has 0 saturated heterocycles. The summed E-state index contributed by atoms with van der Waals surface area (Å²) < 4.78 is 39.7. The van der Waals surface area contributed by atoms with Gasteiger partial charge in [0.1, 0.15) is 12.1 Å². The van der Waals surface area contributed by atoms with Gasteiger partial charge in [0.15, 0.2) is 0 Å². The second-order valence-electron chi connectivity index (χ2n) is 8.35. The fraction of sp³-hybridized carbons (Fsp3) is 0.250. The second-order valence-corrected chi connectivity index (χ2v) is 8.35. The Kier molecular flexibility index (Phi) is 7.52. The highest BCUT2D eigenvalue weighted by atomic mass is 19.4. The molecule has 0 atom stereocenters. The number of amides is 1. The van der Waals surface area contributed by atoms with Crippen molar-refractivity contribution in [2.24, 2.45) is 0 Å². The van der Waals surface area contributed by atoms with Crippen molar-refractivity contribution in [3.05, 3.63) is 89.7 Å². The minimum atomic E-state index is -4.59. The molecule has 1 N–H and O–H groups in total. The lowest BCUT2D eigenvalue weighted by Crippen LogP contribution is -2.28. The Labute approximate surface area is 208 Å². The lowest BCUT2D eigenvalue weighted by molar-refractivity contribution is -0.137. The van der Waals surface area contributed by atoms with Crippen LogP contribution in [0.4, 0.5) is 19.0 Å². The Morgan fingerprint density at radius 2 is 1.67 bits per heavy atom. The van der Waals surface area contributed by atoms with Crippen LogP contribution < -0.4 is 10.2 Å². The number of aromatic nitrogens is 2. The van der Waals surface area contributed by atoms with Crippen LogP contribution in [0.1, 0.15) is 35.3 Å². The first-order chi connectivity index (χ1) is 17.3. The number of benzene rings is 3. The van der Waals surface area contributed by atoms with Crippen molar-refractivity contribution in [3.8, 4) is 11.1 Å². The van der Waals surface area contributed by atoms with Crippen LogP contribution in [0.5, 0.6) is 0 Å². The third-order valence-electron chi connectivity index (χ3n) is 6.11. The van der Waals surface area contributed by atoms with E-state index in [0.717, 1.165) is 52.6 Å². The number of nitrogens with zero attached hydrogens (tertiary/aromatic N) is 3. The SMILES string of the molecule is CCN(CC)c1ncnc2ccc(-c3cccc(CCNC(=O)c4ccccc4C(F)(F)F)c3)cc12. The van der Waals surface area contributed by atoms with Crippen LogP contribution in [-0.4, -0.2) is 35.5 Å². The third kappa shape index (κ3) is 5.48. The molecule has 186 valence electrons. The number of carbonyl (C=O) groups excluding carboxylic acids is 1. The summed E-state index contributed by atoms with van der Waals surface area (Å²) in [6.45, 7) is 6.06. The number of halogens is 3. The van der Waals surface area contributed by atoms with Crippen LogP contribution in [0.25, 0.3) is 22.0 Å². The zero-order chi connectivity index (χ0) is 25.7. The number of anilines is 1. The number of rotatable bonds is 8. The average molecular weight is 493 g/mol. The highest BCUT2D eigenvalue weighted by Gasteiger charge is 2.34. The van der Waals surface area contributed by atoms with Crippen molar-refractivity contribution < 1.29 is 18.0 Å². The maximum Gasteiger partial charge on any atom is 0.417 e. The van der Waals surface area contributed by atoms with Gasteiger partial charge in [-0.25, -0.2) is 9.97 Å². The lowest BCUT2D eigenvalue weighted by Gasteiger charge is -2.21. The van der Waals surface area contributed by atoms with Crippen molar-refractivity contribution in [1.29, 1.82) is 0 Å². The standard InChI is InChI=1S/C28H27F3N4O/c1-3-35(4-2)26-23-17-21(12-13-25(23)33-18-34-26)20-9-7-8-19(16-20)14-15-32-27(36)22-10-5-6-11-24(22)28(29,30)31/h5-13,16-18H,3-4,14-15H2,1-2H3,(H,32,36). The van der Waals surface area contributed by atoms with Gasteiger partial charge in [0.05, 0.1) is 16.6 Å². The van der Waals surface area contributed by atoms with Gasteiger partial charge in [-0.3, -0.25) is 4.79 Å². The largest absolute Gasteiger partial charge is 0.417 e. The molecule has 0 radical (unpaired) electrons. The molecular formula is C28H27F3N4O. The van der Waals surface area contributed by atoms with E-state index < -0.39 is 17.6 Å². The molecule has 0 spiro atoms. The number of fused-ring (bicyclic) bond motifs is 1. The predicted octanol–water partition coefficient (Wildman–Crippen LogP) is 6.13. The summed E-state index contributed by atoms with van der Waals surface area (Å²) in [5, 5.41) is 3.59. The number of alkyl halides is 3. The van der Waals surface area contributed by atoms with E-state index in [-0.39, 0.29) is 12.1 Å². The van der Waals surface area contributed by atoms with Crippen LogP contribution in [0.3, 0.4) is 0 Å². The molecule has 4 aromatic rings. The van der Waals surface area contributed by atoms with E-state index >= 15 is 0 Å². The van der Waals surface area contributed by atoms with Gasteiger partial charge in [0.2, 0.25) is 0 Å². The maximum atomic E-state index is 13.2. The highest BCUT2D eigenvalue weighted by Crippen LogP contribution is 2.32. The monoisotopic (exact) mass is 492 g/mol. The fourth-order valence-corrected chi connectivity index (χ4v) is 4.25. The van der Waals surface area contributed by atoms with E-state index in [9.17, 15) is 18.0 Å². The summed E-state index contributed by atoms with van der Waals surface area (Å²) in [4.78, 5) is 23.5. The minimum Gasteiger partial charge on any atom is -0.357 e. The van der Waals surface area contributed by atoms with Gasteiger partial charge in [-0.1, -0.05) is 42.5 Å². The molecule has 4 rings (SSSR count). The molecule has 0 saturated carbocycles. The molecule has 0 aliphatic heterocycles. The van der Waals surface area contributed by atoms with E-state index in [1.165, 1.54) is 18.2 Å². The van der Waals surface area contributed by atoms with E-state index in [1.54, 1.807) is 6.33 Å². The van der Waals surface area contributed by atoms with Crippen molar-refractivity contribution >= 4 is 22.6 Å². The minimum absolute atomic E-state index is 0.214. The molecule has 0 aliphatic rings. The molecule has 3 aromatic carbocycles. The van der Waals surface area contributed by atoms with Crippen molar-refractivity contribution in [2.45, 2.75) is 26.4 Å². The number of hydrogen-bond acceptors (Lipinski definition) is 4. The summed E-state index contributed by atoms with van der Waals surface area (Å²) >= 11 is 0. The molecule has 1 amide bonds. The molecule has 1 aromatic heterocycles. The molecule has 0 bridgehead atoms. The molecule has 0 aliphatic carbocycles. The smallest absolute Gasteiger partial charge is 0.357 e. The summed E-state index contributed by atoms with van der Waals surface area (Å²) in [6.07, 6.45) is -2.52. The normalized spacial score (nSPS) is 11.5. The zero-order valence-corrected chi connectivity index (χ0v) is 20.1. The van der Waals surface area contributed by atoms with Crippen LogP contribution in [0, 0.1) is 0 Å². The number of nitrogens with one attached hydrogen (secondary N) is 1. The molecule has 0 fully saturated rings. The topological polar surface area (TPSA) is 58.1 Å². The van der Waals surface area contributed by atoms with Gasteiger partial charge in [-0.15, -0.1) is 0 Å². The highest BCUT2D eigenvalue weighted by molar-refractivity contribution is 5.96. The molecule has 5 nitrogen and oxygen atoms in total. The van der Waals surface area contributed by atoms with E-state index in [0.29, 0.717) is 6.42 Å². The first-order valence-corrected chi connectivity index (χ1v) is 11.8. The van der Waals surface area contributed by atoms with Crippen molar-refractivity contribution in [1.82, 2.24) is 15.3 Å². The number of carbonyl (C=O) groups is 1. The van der Waals surface area contributed by atoms with Crippen molar-refractivity contribution in [3.63, 3.8) is 0 Å². The van der Waals surface area contributed by atoms with Crippen LogP contribution in [-0.2, 0) is 12.6 Å². The average Bonchev–Trinajstić information content (AvgIpc) is 2.89. The fourth-order valence-electron chi connectivity index (χ4n) is 4.25. The lowest BCUT2D eigenvalue weighted by atomic mass is 10.00. The van der Waals surface area contributed by atoms with Gasteiger partial charge in [-0.05, 0) is 61.2 Å². The Hall–Kier alpha value is -3.94. The Bertz CT molecular complexity index is 1370. The summed E-state index contributed by atoms with van der Waals surface area (Å²) in [5.41, 5.74) is 2.53. The molecule has 0 unspecified atom stereocenters. The molecular weight excluding hydrogens is 465 g/mol. The maximum absolute atomic E-state index is 13.2. The third-order valence-corrected chi connectivity index (χ3v) is 6.11. The number of hydrogen-bond donors (Lipinski definition) is 1. The van der Waals surface area contributed by atoms with Gasteiger partial charge >= 0.3 is 6.18 Å². The quantitative estimate of drug-likeness (QED) is 0.321. The van der Waals surface area contributed by atoms with Gasteiger partial charge in [-0.2, -0.15) is 13.2 Å². The Balaban J connectivity index is 1.51. The molecule has 8 heteroatoms. The molecule has 1 heterocycles. The Morgan fingerprint density at radius 3 is 2.42 bits per heavy atom. The summed E-state index contributed by atoms with van der Waals surface area (Å²) in [7, 11) is 0. The van der Waals surface area contributed by atoms with Crippen LogP contribution >= 0.6 is 0 Å². The summed E-state index contributed by atoms with van der Waals surface area (Å²) in [5.74, 6) is 0.155. The Morgan fingerprint density at radius 1 is 0.917 bits per heavy atom. The van der Waals surface area contributed by atoms with Gasteiger partial charge in [0.25, 0.3) is 5.91 Å². The second kappa shape index (κ2) is 10.8. The zero-order valence-electron chi connectivity index (χ0n) is 20.1. The summed E-state index contributed by atoms with van der Waals surface area (Å²) in [6, 6.07) is 18.8. The first kappa shape index (κ1) is 25.2. The van der Waals surface area contributed by atoms with Gasteiger partial charge in [0, 0.05) is 25.0 Å². The van der Waals surface area contributed by atoms with E-state index in [2.05, 4.69) is 40.1 Å². The first-order valence-electron chi connectivity index (χ1n) is 11.8. The van der Waals surface area contributed by atoms with E-state index in [4.69, 9.17) is 0 Å². The van der Waals surface area contributed by atoms with Crippen molar-refractivity contribution in [2.75, 3.05) is 24.5 Å². The van der Waals surface area contributed by atoms with Crippen LogP contribution in [0.15, 0.2) is 73.1 Å². The van der Waals surface area contributed by atoms with E-state index in [1.807, 2.05) is 36.4 Å².